The molecule has 0 saturated heterocycles. The number of anilines is 1. The van der Waals surface area contributed by atoms with Gasteiger partial charge in [-0.05, 0) is 74.4 Å². The van der Waals surface area contributed by atoms with Crippen molar-refractivity contribution in [3.05, 3.63) is 82.8 Å². The van der Waals surface area contributed by atoms with Crippen LogP contribution in [0.5, 0.6) is 11.5 Å². The van der Waals surface area contributed by atoms with Crippen molar-refractivity contribution in [1.82, 2.24) is 5.32 Å². The van der Waals surface area contributed by atoms with E-state index in [1.165, 1.54) is 12.1 Å². The molecule has 0 aliphatic carbocycles. The molecule has 3 aromatic carbocycles. The molecule has 0 radical (unpaired) electrons. The van der Waals surface area contributed by atoms with E-state index in [4.69, 9.17) is 9.47 Å². The Balaban J connectivity index is 1.65. The van der Waals surface area contributed by atoms with Crippen LogP contribution in [0.1, 0.15) is 51.6 Å². The van der Waals surface area contributed by atoms with E-state index in [-0.39, 0.29) is 17.5 Å². The molecule has 38 heavy (non-hydrogen) atoms. The third-order valence-electron chi connectivity index (χ3n) is 6.95. The second kappa shape index (κ2) is 11.8. The number of rotatable bonds is 10. The van der Waals surface area contributed by atoms with Gasteiger partial charge in [-0.15, -0.1) is 0 Å². The molecule has 1 N–H and O–H groups in total. The van der Waals surface area contributed by atoms with Gasteiger partial charge in [-0.2, -0.15) is 0 Å². The van der Waals surface area contributed by atoms with E-state index in [0.29, 0.717) is 24.5 Å². The summed E-state index contributed by atoms with van der Waals surface area (Å²) in [5, 5.41) is 3.11. The van der Waals surface area contributed by atoms with E-state index in [0.717, 1.165) is 32.9 Å². The predicted octanol–water partition coefficient (Wildman–Crippen LogP) is 6.24. The fourth-order valence-corrected chi connectivity index (χ4v) is 6.41. The average Bonchev–Trinajstić information content (AvgIpc) is 2.92. The largest absolute Gasteiger partial charge is 0.494 e. The van der Waals surface area contributed by atoms with Crippen molar-refractivity contribution in [3.8, 4) is 11.5 Å². The highest BCUT2D eigenvalue weighted by Gasteiger charge is 2.39. The quantitative estimate of drug-likeness (QED) is 0.297. The van der Waals surface area contributed by atoms with Crippen LogP contribution in [0.15, 0.2) is 82.2 Å². The Morgan fingerprint density at radius 1 is 1.03 bits per heavy atom. The van der Waals surface area contributed by atoms with Crippen molar-refractivity contribution in [3.63, 3.8) is 0 Å². The second-order valence-corrected chi connectivity index (χ2v) is 12.0. The van der Waals surface area contributed by atoms with Gasteiger partial charge in [0, 0.05) is 16.5 Å². The first-order valence-corrected chi connectivity index (χ1v) is 15.0. The smallest absolute Gasteiger partial charge is 0.264 e. The van der Waals surface area contributed by atoms with Gasteiger partial charge in [0.1, 0.15) is 23.6 Å². The molecule has 7 nitrogen and oxygen atoms in total. The fourth-order valence-electron chi connectivity index (χ4n) is 4.72. The predicted molar refractivity (Wildman–Crippen MR) is 152 cm³/mol. The van der Waals surface area contributed by atoms with Gasteiger partial charge in [0.2, 0.25) is 5.91 Å². The van der Waals surface area contributed by atoms with Crippen molar-refractivity contribution < 1.29 is 22.7 Å². The van der Waals surface area contributed by atoms with Gasteiger partial charge in [0.05, 0.1) is 23.2 Å². The van der Waals surface area contributed by atoms with Crippen LogP contribution in [-0.4, -0.2) is 33.1 Å². The first-order chi connectivity index (χ1) is 18.2. The average molecular weight is 602 g/mol. The van der Waals surface area contributed by atoms with Crippen LogP contribution in [0, 0.1) is 0 Å². The number of nitrogens with zero attached hydrogens (tertiary/aromatic N) is 1. The zero-order valence-corrected chi connectivity index (χ0v) is 24.2. The number of hydrogen-bond acceptors (Lipinski definition) is 5. The summed E-state index contributed by atoms with van der Waals surface area (Å²) in [6, 6.07) is 20.5. The van der Waals surface area contributed by atoms with Crippen LogP contribution in [-0.2, 0) is 14.8 Å². The van der Waals surface area contributed by atoms with Crippen LogP contribution >= 0.6 is 15.9 Å². The molecule has 1 unspecified atom stereocenters. The molecular formula is C29H33BrN2O5S. The minimum Gasteiger partial charge on any atom is -0.494 e. The SMILES string of the molecule is CCOc1ccc(N(CC(=O)NC2CC(CC)(CC)Oc3ccccc32)S(=O)(=O)c2ccc(Br)cc2)cc1. The molecule has 0 aromatic heterocycles. The fraction of sp³-hybridized carbons (Fsp3) is 0.345. The lowest BCUT2D eigenvalue weighted by molar-refractivity contribution is -0.121. The zero-order valence-electron chi connectivity index (χ0n) is 21.8. The number of carbonyl (C=O) groups is 1. The van der Waals surface area contributed by atoms with E-state index in [9.17, 15) is 13.2 Å². The van der Waals surface area contributed by atoms with Gasteiger partial charge in [-0.1, -0.05) is 48.0 Å². The molecule has 4 rings (SSSR count). The second-order valence-electron chi connectivity index (χ2n) is 9.25. The molecule has 1 amide bonds. The number of halogens is 1. The maximum atomic E-state index is 13.8. The molecule has 1 aliphatic heterocycles. The summed E-state index contributed by atoms with van der Waals surface area (Å²) in [6.07, 6.45) is 2.19. The number of para-hydroxylation sites is 1. The van der Waals surface area contributed by atoms with E-state index in [1.54, 1.807) is 36.4 Å². The van der Waals surface area contributed by atoms with Crippen molar-refractivity contribution in [2.45, 2.75) is 56.6 Å². The molecule has 1 aliphatic rings. The summed E-state index contributed by atoms with van der Waals surface area (Å²) < 4.78 is 41.3. The molecule has 0 saturated carbocycles. The summed E-state index contributed by atoms with van der Waals surface area (Å²) in [7, 11) is -4.04. The Morgan fingerprint density at radius 3 is 2.32 bits per heavy atom. The minimum atomic E-state index is -4.04. The number of hydrogen-bond donors (Lipinski definition) is 1. The zero-order chi connectivity index (χ0) is 27.3. The van der Waals surface area contributed by atoms with Gasteiger partial charge >= 0.3 is 0 Å². The molecule has 1 heterocycles. The number of amides is 1. The summed E-state index contributed by atoms with van der Waals surface area (Å²) >= 11 is 3.35. The number of carbonyl (C=O) groups excluding carboxylic acids is 1. The number of ether oxygens (including phenoxy) is 2. The first-order valence-electron chi connectivity index (χ1n) is 12.8. The Kier molecular flexibility index (Phi) is 8.67. The monoisotopic (exact) mass is 600 g/mol. The van der Waals surface area contributed by atoms with Crippen molar-refractivity contribution >= 4 is 37.5 Å². The lowest BCUT2D eigenvalue weighted by atomic mass is 9.83. The van der Waals surface area contributed by atoms with Crippen LogP contribution in [0.4, 0.5) is 5.69 Å². The van der Waals surface area contributed by atoms with Gasteiger partial charge in [0.15, 0.2) is 0 Å². The van der Waals surface area contributed by atoms with E-state index < -0.39 is 21.5 Å². The third-order valence-corrected chi connectivity index (χ3v) is 9.26. The topological polar surface area (TPSA) is 84.9 Å². The lowest BCUT2D eigenvalue weighted by Gasteiger charge is -2.41. The van der Waals surface area contributed by atoms with Crippen LogP contribution < -0.4 is 19.1 Å². The van der Waals surface area contributed by atoms with Crippen molar-refractivity contribution in [2.24, 2.45) is 0 Å². The molecule has 9 heteroatoms. The van der Waals surface area contributed by atoms with Crippen LogP contribution in [0.25, 0.3) is 0 Å². The molecule has 202 valence electrons. The lowest BCUT2D eigenvalue weighted by Crippen LogP contribution is -2.47. The summed E-state index contributed by atoms with van der Waals surface area (Å²) in [5.41, 5.74) is 0.863. The third kappa shape index (κ3) is 5.99. The van der Waals surface area contributed by atoms with Gasteiger partial charge in [-0.25, -0.2) is 8.42 Å². The minimum absolute atomic E-state index is 0.0924. The van der Waals surface area contributed by atoms with Gasteiger partial charge in [0.25, 0.3) is 10.0 Å². The Morgan fingerprint density at radius 2 is 1.68 bits per heavy atom. The van der Waals surface area contributed by atoms with Gasteiger partial charge < -0.3 is 14.8 Å². The Labute approximate surface area is 233 Å². The maximum Gasteiger partial charge on any atom is 0.264 e. The summed E-state index contributed by atoms with van der Waals surface area (Å²) in [4.78, 5) is 13.6. The highest BCUT2D eigenvalue weighted by atomic mass is 79.9. The van der Waals surface area contributed by atoms with E-state index in [1.807, 2.05) is 31.2 Å². The normalized spacial score (nSPS) is 16.2. The molecule has 3 aromatic rings. The highest BCUT2D eigenvalue weighted by molar-refractivity contribution is 9.10. The number of benzene rings is 3. The molecule has 0 bridgehead atoms. The molecule has 0 fully saturated rings. The highest BCUT2D eigenvalue weighted by Crippen LogP contribution is 2.42. The molecule has 1 atom stereocenters. The molecular weight excluding hydrogens is 568 g/mol. The first kappa shape index (κ1) is 28.0. The summed E-state index contributed by atoms with van der Waals surface area (Å²) in [6.45, 7) is 6.15. The number of fused-ring (bicyclic) bond motifs is 1. The standard InChI is InChI=1S/C29H33BrN2O5S/c1-4-29(5-2)19-26(25-9-7-8-10-27(25)37-29)31-28(33)20-32(22-13-15-23(16-14-22)36-6-3)38(34,35)24-17-11-21(30)12-18-24/h7-18,26H,4-6,19-20H2,1-3H3,(H,31,33). The number of sulfonamides is 1. The van der Waals surface area contributed by atoms with E-state index in [2.05, 4.69) is 35.1 Å². The van der Waals surface area contributed by atoms with Gasteiger partial charge in [-0.3, -0.25) is 9.10 Å². The van der Waals surface area contributed by atoms with Crippen molar-refractivity contribution in [2.75, 3.05) is 17.5 Å². The Hall–Kier alpha value is -3.04. The van der Waals surface area contributed by atoms with Crippen molar-refractivity contribution in [1.29, 1.82) is 0 Å². The maximum absolute atomic E-state index is 13.8. The van der Waals surface area contributed by atoms with Crippen LogP contribution in [0.2, 0.25) is 0 Å². The number of nitrogens with one attached hydrogen (secondary N) is 1. The Bertz CT molecular complexity index is 1360. The molecule has 0 spiro atoms. The van der Waals surface area contributed by atoms with Crippen LogP contribution in [0.3, 0.4) is 0 Å². The summed E-state index contributed by atoms with van der Waals surface area (Å²) in [5.74, 6) is 0.969. The van der Waals surface area contributed by atoms with E-state index >= 15 is 0 Å².